The maximum Gasteiger partial charge on any atom is 0.319 e. The summed E-state index contributed by atoms with van der Waals surface area (Å²) in [6.45, 7) is 2.84. The van der Waals surface area contributed by atoms with E-state index < -0.39 is 11.4 Å². The van der Waals surface area contributed by atoms with Crippen molar-refractivity contribution in [1.29, 1.82) is 0 Å². The zero-order chi connectivity index (χ0) is 15.3. The molecule has 1 fully saturated rings. The number of hydrogen-bond acceptors (Lipinski definition) is 3. The van der Waals surface area contributed by atoms with Crippen molar-refractivity contribution in [2.45, 2.75) is 26.2 Å². The van der Waals surface area contributed by atoms with Gasteiger partial charge in [-0.05, 0) is 12.8 Å². The number of aliphatic carboxylic acids is 1. The van der Waals surface area contributed by atoms with Crippen LogP contribution in [0.15, 0.2) is 0 Å². The third kappa shape index (κ3) is 3.40. The Bertz CT molecular complexity index is 399. The van der Waals surface area contributed by atoms with Gasteiger partial charge in [0.1, 0.15) is 0 Å². The Morgan fingerprint density at radius 2 is 2.05 bits per heavy atom. The van der Waals surface area contributed by atoms with E-state index in [0.29, 0.717) is 25.9 Å². The maximum atomic E-state index is 12.2. The summed E-state index contributed by atoms with van der Waals surface area (Å²) in [7, 11) is 3.17. The number of carboxylic acids is 1. The molecule has 0 spiro atoms. The van der Waals surface area contributed by atoms with Gasteiger partial charge in [-0.25, -0.2) is 4.79 Å². The molecule has 0 aliphatic carbocycles. The number of amides is 3. The van der Waals surface area contributed by atoms with Crippen molar-refractivity contribution in [3.63, 3.8) is 0 Å². The minimum atomic E-state index is -0.844. The molecule has 1 aliphatic heterocycles. The fraction of sp³-hybridized carbons (Fsp3) is 0.769. The number of hydrogen-bond donors (Lipinski definition) is 2. The Morgan fingerprint density at radius 3 is 2.50 bits per heavy atom. The molecule has 1 heterocycles. The van der Waals surface area contributed by atoms with E-state index in [1.807, 2.05) is 6.92 Å². The lowest BCUT2D eigenvalue weighted by molar-refractivity contribution is -0.148. The van der Waals surface area contributed by atoms with Crippen LogP contribution in [0.1, 0.15) is 26.2 Å². The second-order valence-electron chi connectivity index (χ2n) is 5.24. The van der Waals surface area contributed by atoms with Crippen molar-refractivity contribution in [2.24, 2.45) is 5.41 Å². The van der Waals surface area contributed by atoms with Crippen LogP contribution in [0.5, 0.6) is 0 Å². The number of nitrogens with one attached hydrogen (secondary N) is 1. The molecule has 0 aromatic rings. The number of rotatable bonds is 5. The number of carboxylic acid groups (broad SMARTS) is 1. The summed E-state index contributed by atoms with van der Waals surface area (Å²) in [5.74, 6) is -0.970. The molecule has 114 valence electrons. The van der Waals surface area contributed by atoms with Gasteiger partial charge in [0.2, 0.25) is 5.91 Å². The number of carbonyl (C=O) groups excluding carboxylic acids is 2. The predicted octanol–water partition coefficient (Wildman–Crippen LogP) is 0.361. The van der Waals surface area contributed by atoms with Crippen LogP contribution in [0.3, 0.4) is 0 Å². The monoisotopic (exact) mass is 285 g/mol. The zero-order valence-electron chi connectivity index (χ0n) is 12.3. The summed E-state index contributed by atoms with van der Waals surface area (Å²) < 4.78 is 0. The Labute approximate surface area is 118 Å². The lowest BCUT2D eigenvalue weighted by Gasteiger charge is -2.26. The van der Waals surface area contributed by atoms with Gasteiger partial charge in [0.05, 0.1) is 5.41 Å². The van der Waals surface area contributed by atoms with E-state index in [1.54, 1.807) is 19.0 Å². The normalized spacial score (nSPS) is 21.6. The van der Waals surface area contributed by atoms with Crippen molar-refractivity contribution in [2.75, 3.05) is 33.7 Å². The molecule has 1 aliphatic rings. The fourth-order valence-corrected chi connectivity index (χ4v) is 2.38. The molecular formula is C13H23N3O4. The highest BCUT2D eigenvalue weighted by atomic mass is 16.4. The van der Waals surface area contributed by atoms with Crippen LogP contribution < -0.4 is 5.32 Å². The Morgan fingerprint density at radius 1 is 1.40 bits per heavy atom. The van der Waals surface area contributed by atoms with Crippen molar-refractivity contribution in [1.82, 2.24) is 15.1 Å². The highest BCUT2D eigenvalue weighted by Crippen LogP contribution is 2.34. The molecule has 1 unspecified atom stereocenters. The summed E-state index contributed by atoms with van der Waals surface area (Å²) in [4.78, 5) is 37.7. The number of carbonyl (C=O) groups is 3. The van der Waals surface area contributed by atoms with Crippen LogP contribution in [0.25, 0.3) is 0 Å². The van der Waals surface area contributed by atoms with Crippen molar-refractivity contribution < 1.29 is 19.5 Å². The molecule has 7 heteroatoms. The smallest absolute Gasteiger partial charge is 0.319 e. The van der Waals surface area contributed by atoms with E-state index in [9.17, 15) is 19.5 Å². The third-order valence-electron chi connectivity index (χ3n) is 4.03. The average Bonchev–Trinajstić information content (AvgIpc) is 2.89. The Balaban J connectivity index is 2.57. The molecule has 2 N–H and O–H groups in total. The highest BCUT2D eigenvalue weighted by Gasteiger charge is 2.45. The molecule has 1 rings (SSSR count). The van der Waals surface area contributed by atoms with Crippen LogP contribution >= 0.6 is 0 Å². The van der Waals surface area contributed by atoms with Crippen LogP contribution in [-0.4, -0.2) is 66.5 Å². The maximum absolute atomic E-state index is 12.2. The van der Waals surface area contributed by atoms with Gasteiger partial charge in [-0.1, -0.05) is 6.92 Å². The molecule has 0 saturated carbocycles. The Kier molecular flexibility index (Phi) is 5.35. The summed E-state index contributed by atoms with van der Waals surface area (Å²) in [6.07, 6.45) is 1.23. The first-order valence-corrected chi connectivity index (χ1v) is 6.80. The predicted molar refractivity (Wildman–Crippen MR) is 73.3 cm³/mol. The van der Waals surface area contributed by atoms with E-state index in [0.717, 1.165) is 0 Å². The van der Waals surface area contributed by atoms with Gasteiger partial charge in [0.25, 0.3) is 0 Å². The fourth-order valence-electron chi connectivity index (χ4n) is 2.38. The van der Waals surface area contributed by atoms with Crippen molar-refractivity contribution in [3.8, 4) is 0 Å². The lowest BCUT2D eigenvalue weighted by Crippen LogP contribution is -2.43. The second-order valence-corrected chi connectivity index (χ2v) is 5.24. The lowest BCUT2D eigenvalue weighted by atomic mass is 9.84. The average molecular weight is 285 g/mol. The van der Waals surface area contributed by atoms with Gasteiger partial charge >= 0.3 is 12.0 Å². The van der Waals surface area contributed by atoms with Gasteiger partial charge in [-0.3, -0.25) is 9.59 Å². The van der Waals surface area contributed by atoms with Crippen LogP contribution in [0.2, 0.25) is 0 Å². The van der Waals surface area contributed by atoms with Gasteiger partial charge in [-0.2, -0.15) is 0 Å². The van der Waals surface area contributed by atoms with Crippen LogP contribution in [0.4, 0.5) is 4.79 Å². The molecule has 0 radical (unpaired) electrons. The van der Waals surface area contributed by atoms with Crippen LogP contribution in [0, 0.1) is 5.41 Å². The first-order valence-electron chi connectivity index (χ1n) is 6.80. The van der Waals surface area contributed by atoms with E-state index >= 15 is 0 Å². The second kappa shape index (κ2) is 6.58. The summed E-state index contributed by atoms with van der Waals surface area (Å²) in [5, 5.41) is 11.8. The van der Waals surface area contributed by atoms with E-state index in [1.165, 1.54) is 4.90 Å². The molecule has 0 bridgehead atoms. The molecule has 20 heavy (non-hydrogen) atoms. The quantitative estimate of drug-likeness (QED) is 0.763. The molecule has 0 aromatic carbocycles. The van der Waals surface area contributed by atoms with E-state index in [-0.39, 0.29) is 24.9 Å². The SMILES string of the molecule is CCC1(C(=O)O)CCN(C(=O)N(C)CCC(=O)NC)C1. The number of urea groups is 1. The molecule has 1 atom stereocenters. The third-order valence-corrected chi connectivity index (χ3v) is 4.03. The number of nitrogens with zero attached hydrogens (tertiary/aromatic N) is 2. The molecule has 1 saturated heterocycles. The van der Waals surface area contributed by atoms with E-state index in [4.69, 9.17) is 0 Å². The van der Waals surface area contributed by atoms with E-state index in [2.05, 4.69) is 5.32 Å². The number of likely N-dealkylation sites (tertiary alicyclic amines) is 1. The molecule has 7 nitrogen and oxygen atoms in total. The Hall–Kier alpha value is -1.79. The van der Waals surface area contributed by atoms with Crippen LogP contribution in [-0.2, 0) is 9.59 Å². The molecular weight excluding hydrogens is 262 g/mol. The van der Waals surface area contributed by atoms with Gasteiger partial charge < -0.3 is 20.2 Å². The van der Waals surface area contributed by atoms with Crippen molar-refractivity contribution in [3.05, 3.63) is 0 Å². The summed E-state index contributed by atoms with van der Waals surface area (Å²) in [6, 6.07) is -0.217. The van der Waals surface area contributed by atoms with Gasteiger partial charge in [0, 0.05) is 40.2 Å². The molecule has 3 amide bonds. The minimum Gasteiger partial charge on any atom is -0.481 e. The molecule has 0 aromatic heterocycles. The highest BCUT2D eigenvalue weighted by molar-refractivity contribution is 5.80. The standard InChI is InChI=1S/C13H23N3O4/c1-4-13(11(18)19)6-8-16(9-13)12(20)15(3)7-5-10(17)14-2/h4-9H2,1-3H3,(H,14,17)(H,18,19). The van der Waals surface area contributed by atoms with Gasteiger partial charge in [0.15, 0.2) is 0 Å². The summed E-state index contributed by atoms with van der Waals surface area (Å²) >= 11 is 0. The largest absolute Gasteiger partial charge is 0.481 e. The van der Waals surface area contributed by atoms with Crippen molar-refractivity contribution >= 4 is 17.9 Å². The van der Waals surface area contributed by atoms with Gasteiger partial charge in [-0.15, -0.1) is 0 Å². The zero-order valence-corrected chi connectivity index (χ0v) is 12.3. The first-order chi connectivity index (χ1) is 9.36. The summed E-state index contributed by atoms with van der Waals surface area (Å²) in [5.41, 5.74) is -0.822. The minimum absolute atomic E-state index is 0.125. The topological polar surface area (TPSA) is 90.0 Å². The first kappa shape index (κ1) is 16.3.